The molecule has 0 amide bonds. The lowest BCUT2D eigenvalue weighted by molar-refractivity contribution is -0.113. The summed E-state index contributed by atoms with van der Waals surface area (Å²) in [4.78, 5) is 12.0. The van der Waals surface area contributed by atoms with E-state index in [1.807, 2.05) is 30.3 Å². The van der Waals surface area contributed by atoms with E-state index in [-0.39, 0.29) is 5.78 Å². The van der Waals surface area contributed by atoms with Crippen molar-refractivity contribution in [1.29, 1.82) is 0 Å². The molecule has 1 aliphatic carbocycles. The SMILES string of the molecule is O=C1C[C@H]2CCOCC2=C1c1ccccc1. The molecule has 1 saturated heterocycles. The largest absolute Gasteiger partial charge is 0.377 e. The van der Waals surface area contributed by atoms with Gasteiger partial charge in [0.1, 0.15) is 0 Å². The van der Waals surface area contributed by atoms with Crippen molar-refractivity contribution in [3.63, 3.8) is 0 Å². The lowest BCUT2D eigenvalue weighted by atomic mass is 9.94. The van der Waals surface area contributed by atoms with Crippen LogP contribution in [-0.2, 0) is 9.53 Å². The van der Waals surface area contributed by atoms with Gasteiger partial charge >= 0.3 is 0 Å². The highest BCUT2D eigenvalue weighted by Gasteiger charge is 2.34. The highest BCUT2D eigenvalue weighted by molar-refractivity contribution is 6.24. The van der Waals surface area contributed by atoms with Gasteiger partial charge in [-0.1, -0.05) is 30.3 Å². The zero-order valence-electron chi connectivity index (χ0n) is 9.11. The smallest absolute Gasteiger partial charge is 0.164 e. The molecule has 0 saturated carbocycles. The maximum atomic E-state index is 12.0. The molecule has 0 unspecified atom stereocenters. The highest BCUT2D eigenvalue weighted by Crippen LogP contribution is 2.39. The van der Waals surface area contributed by atoms with Crippen LogP contribution in [0.4, 0.5) is 0 Å². The van der Waals surface area contributed by atoms with Gasteiger partial charge in [-0.05, 0) is 23.5 Å². The van der Waals surface area contributed by atoms with Gasteiger partial charge in [0, 0.05) is 18.6 Å². The van der Waals surface area contributed by atoms with Gasteiger partial charge in [-0.25, -0.2) is 0 Å². The predicted molar refractivity (Wildman–Crippen MR) is 61.9 cm³/mol. The first-order valence-corrected chi connectivity index (χ1v) is 5.75. The third-order valence-corrected chi connectivity index (χ3v) is 3.46. The Labute approximate surface area is 94.9 Å². The molecular formula is C14H14O2. The molecule has 0 aromatic heterocycles. The van der Waals surface area contributed by atoms with Crippen LogP contribution in [0.5, 0.6) is 0 Å². The minimum absolute atomic E-state index is 0.289. The van der Waals surface area contributed by atoms with Crippen molar-refractivity contribution < 1.29 is 9.53 Å². The van der Waals surface area contributed by atoms with Gasteiger partial charge < -0.3 is 4.74 Å². The van der Waals surface area contributed by atoms with Gasteiger partial charge in [0.15, 0.2) is 5.78 Å². The monoisotopic (exact) mass is 214 g/mol. The molecule has 0 N–H and O–H groups in total. The summed E-state index contributed by atoms with van der Waals surface area (Å²) in [6, 6.07) is 9.96. The zero-order chi connectivity index (χ0) is 11.0. The summed E-state index contributed by atoms with van der Waals surface area (Å²) in [6.45, 7) is 1.43. The number of hydrogen-bond acceptors (Lipinski definition) is 2. The van der Waals surface area contributed by atoms with Gasteiger partial charge in [-0.3, -0.25) is 4.79 Å². The van der Waals surface area contributed by atoms with Crippen molar-refractivity contribution in [3.8, 4) is 0 Å². The summed E-state index contributed by atoms with van der Waals surface area (Å²) < 4.78 is 5.47. The van der Waals surface area contributed by atoms with Crippen molar-refractivity contribution in [2.75, 3.05) is 13.2 Å². The Bertz CT molecular complexity index is 445. The first kappa shape index (κ1) is 9.79. The van der Waals surface area contributed by atoms with Gasteiger partial charge in [0.05, 0.1) is 6.61 Å². The average Bonchev–Trinajstić information content (AvgIpc) is 2.66. The fourth-order valence-corrected chi connectivity index (χ4v) is 2.66. The fourth-order valence-electron chi connectivity index (χ4n) is 2.66. The second-order valence-electron chi connectivity index (χ2n) is 4.43. The van der Waals surface area contributed by atoms with Crippen LogP contribution >= 0.6 is 0 Å². The van der Waals surface area contributed by atoms with Crippen LogP contribution in [0.15, 0.2) is 35.9 Å². The first-order chi connectivity index (χ1) is 7.86. The van der Waals surface area contributed by atoms with Crippen molar-refractivity contribution in [2.45, 2.75) is 12.8 Å². The second-order valence-corrected chi connectivity index (χ2v) is 4.43. The summed E-state index contributed by atoms with van der Waals surface area (Å²) in [5, 5.41) is 0. The average molecular weight is 214 g/mol. The molecule has 1 aliphatic heterocycles. The Hall–Kier alpha value is -1.41. The lowest BCUT2D eigenvalue weighted by Gasteiger charge is -2.20. The summed E-state index contributed by atoms with van der Waals surface area (Å²) in [5.41, 5.74) is 3.20. The van der Waals surface area contributed by atoms with E-state index in [1.54, 1.807) is 0 Å². The first-order valence-electron chi connectivity index (χ1n) is 5.75. The Balaban J connectivity index is 2.07. The second kappa shape index (κ2) is 3.87. The third kappa shape index (κ3) is 1.50. The predicted octanol–water partition coefficient (Wildman–Crippen LogP) is 2.45. The number of carbonyl (C=O) groups is 1. The number of carbonyl (C=O) groups excluding carboxylic acids is 1. The van der Waals surface area contributed by atoms with E-state index in [1.165, 1.54) is 5.57 Å². The van der Waals surface area contributed by atoms with E-state index in [0.29, 0.717) is 18.9 Å². The zero-order valence-corrected chi connectivity index (χ0v) is 9.11. The summed E-state index contributed by atoms with van der Waals surface area (Å²) in [7, 11) is 0. The van der Waals surface area contributed by atoms with E-state index < -0.39 is 0 Å². The van der Waals surface area contributed by atoms with Crippen LogP contribution in [0.1, 0.15) is 18.4 Å². The van der Waals surface area contributed by atoms with E-state index in [4.69, 9.17) is 4.74 Å². The van der Waals surface area contributed by atoms with Gasteiger partial charge in [0.2, 0.25) is 0 Å². The van der Waals surface area contributed by atoms with Crippen molar-refractivity contribution in [2.24, 2.45) is 5.92 Å². The van der Waals surface area contributed by atoms with Crippen molar-refractivity contribution >= 4 is 11.4 Å². The van der Waals surface area contributed by atoms with Gasteiger partial charge in [-0.15, -0.1) is 0 Å². The molecule has 1 fully saturated rings. The van der Waals surface area contributed by atoms with Gasteiger partial charge in [0.25, 0.3) is 0 Å². The van der Waals surface area contributed by atoms with E-state index >= 15 is 0 Å². The number of rotatable bonds is 1. The molecule has 1 aromatic rings. The van der Waals surface area contributed by atoms with Crippen molar-refractivity contribution in [3.05, 3.63) is 41.5 Å². The molecule has 1 heterocycles. The van der Waals surface area contributed by atoms with Crippen LogP contribution in [0, 0.1) is 5.92 Å². The van der Waals surface area contributed by atoms with Crippen molar-refractivity contribution in [1.82, 2.24) is 0 Å². The Morgan fingerprint density at radius 1 is 1.19 bits per heavy atom. The maximum Gasteiger partial charge on any atom is 0.164 e. The Morgan fingerprint density at radius 2 is 2.00 bits per heavy atom. The van der Waals surface area contributed by atoms with E-state index in [9.17, 15) is 4.79 Å². The highest BCUT2D eigenvalue weighted by atomic mass is 16.5. The fraction of sp³-hybridized carbons (Fsp3) is 0.357. The minimum atomic E-state index is 0.289. The molecule has 16 heavy (non-hydrogen) atoms. The molecule has 2 nitrogen and oxygen atoms in total. The molecule has 2 aliphatic rings. The van der Waals surface area contributed by atoms with Crippen LogP contribution in [0.2, 0.25) is 0 Å². The number of ketones is 1. The van der Waals surface area contributed by atoms with Crippen LogP contribution in [-0.4, -0.2) is 19.0 Å². The molecule has 3 rings (SSSR count). The number of Topliss-reactive ketones (excluding diaryl/α,β-unsaturated/α-hetero) is 1. The van der Waals surface area contributed by atoms with Crippen LogP contribution < -0.4 is 0 Å². The summed E-state index contributed by atoms with van der Waals surface area (Å²) >= 11 is 0. The molecule has 2 heteroatoms. The molecule has 82 valence electrons. The molecule has 1 aromatic carbocycles. The topological polar surface area (TPSA) is 26.3 Å². The summed E-state index contributed by atoms with van der Waals surface area (Å²) in [5.74, 6) is 0.730. The molecule has 0 radical (unpaired) electrons. The van der Waals surface area contributed by atoms with E-state index in [2.05, 4.69) is 0 Å². The number of benzene rings is 1. The molecule has 0 bridgehead atoms. The quantitative estimate of drug-likeness (QED) is 0.717. The molecule has 1 atom stereocenters. The number of allylic oxidation sites excluding steroid dienone is 1. The maximum absolute atomic E-state index is 12.0. The number of fused-ring (bicyclic) bond motifs is 1. The van der Waals surface area contributed by atoms with Crippen LogP contribution in [0.3, 0.4) is 0 Å². The Kier molecular flexibility index (Phi) is 2.37. The number of hydrogen-bond donors (Lipinski definition) is 0. The third-order valence-electron chi connectivity index (χ3n) is 3.46. The lowest BCUT2D eigenvalue weighted by Crippen LogP contribution is -2.16. The Morgan fingerprint density at radius 3 is 2.81 bits per heavy atom. The minimum Gasteiger partial charge on any atom is -0.377 e. The summed E-state index contributed by atoms with van der Waals surface area (Å²) in [6.07, 6.45) is 1.68. The van der Waals surface area contributed by atoms with E-state index in [0.717, 1.165) is 24.2 Å². The normalized spacial score (nSPS) is 24.8. The van der Waals surface area contributed by atoms with Crippen LogP contribution in [0.25, 0.3) is 5.57 Å². The van der Waals surface area contributed by atoms with Gasteiger partial charge in [-0.2, -0.15) is 0 Å². The number of ether oxygens (including phenoxy) is 1. The molecular weight excluding hydrogens is 200 g/mol. The standard InChI is InChI=1S/C14H14O2/c15-13-8-11-6-7-16-9-12(11)14(13)10-4-2-1-3-5-10/h1-5,11H,6-9H2/t11-/m1/s1. The molecule has 0 spiro atoms.